The van der Waals surface area contributed by atoms with Gasteiger partial charge in [0.05, 0.1) is 12.6 Å². The summed E-state index contributed by atoms with van der Waals surface area (Å²) >= 11 is 1.81. The molecular weight excluding hydrogens is 374 g/mol. The molecule has 3 rings (SSSR count). The number of ether oxygens (including phenoxy) is 1. The fourth-order valence-corrected chi connectivity index (χ4v) is 5.06. The molecule has 1 unspecified atom stereocenters. The van der Waals surface area contributed by atoms with Crippen LogP contribution in [0.4, 0.5) is 4.79 Å². The number of nitrogens with zero attached hydrogens (tertiary/aromatic N) is 2. The van der Waals surface area contributed by atoms with Crippen molar-refractivity contribution in [2.24, 2.45) is 0 Å². The van der Waals surface area contributed by atoms with Crippen LogP contribution >= 0.6 is 11.3 Å². The van der Waals surface area contributed by atoms with E-state index in [2.05, 4.69) is 33.5 Å². The van der Waals surface area contributed by atoms with E-state index in [0.29, 0.717) is 6.54 Å². The Morgan fingerprint density at radius 3 is 2.61 bits per heavy atom. The number of amides is 2. The van der Waals surface area contributed by atoms with Crippen LogP contribution in [0.25, 0.3) is 0 Å². The molecule has 0 spiro atoms. The molecule has 28 heavy (non-hydrogen) atoms. The Labute approximate surface area is 172 Å². The average Bonchev–Trinajstić information content (AvgIpc) is 3.09. The van der Waals surface area contributed by atoms with Crippen LogP contribution in [0.5, 0.6) is 0 Å². The maximum atomic E-state index is 13.0. The van der Waals surface area contributed by atoms with Gasteiger partial charge in [-0.3, -0.25) is 9.69 Å². The Morgan fingerprint density at radius 2 is 1.96 bits per heavy atom. The van der Waals surface area contributed by atoms with Gasteiger partial charge in [0.15, 0.2) is 0 Å². The smallest absolute Gasteiger partial charge is 0.407 e. The molecule has 0 saturated carbocycles. The van der Waals surface area contributed by atoms with Gasteiger partial charge in [-0.05, 0) is 63.5 Å². The molecule has 0 bridgehead atoms. The highest BCUT2D eigenvalue weighted by Crippen LogP contribution is 2.35. The molecule has 156 valence electrons. The molecule has 0 aliphatic carbocycles. The Balaban J connectivity index is 1.47. The summed E-state index contributed by atoms with van der Waals surface area (Å²) in [7, 11) is 0. The van der Waals surface area contributed by atoms with Gasteiger partial charge in [-0.1, -0.05) is 6.92 Å². The van der Waals surface area contributed by atoms with E-state index in [0.717, 1.165) is 45.3 Å². The number of alkyl carbamates (subject to hydrolysis) is 1. The first-order chi connectivity index (χ1) is 13.3. The standard InChI is InChI=1S/C21H33N3O3S/c1-5-17-16-9-13-28-18(16)8-12-24(17)19(25)14-23-10-6-15(7-11-23)22-20(26)27-21(2,3)4/h9,13,15,17H,5-8,10-12,14H2,1-4H3,(H,22,26). The van der Waals surface area contributed by atoms with Crippen LogP contribution in [0.1, 0.15) is 63.4 Å². The van der Waals surface area contributed by atoms with Crippen molar-refractivity contribution < 1.29 is 14.3 Å². The SMILES string of the molecule is CCC1c2ccsc2CCN1C(=O)CN1CCC(NC(=O)OC(C)(C)C)CC1. The molecule has 2 aliphatic heterocycles. The summed E-state index contributed by atoms with van der Waals surface area (Å²) in [4.78, 5) is 30.6. The van der Waals surface area contributed by atoms with Gasteiger partial charge in [0.1, 0.15) is 5.60 Å². The Hall–Kier alpha value is -1.60. The number of fused-ring (bicyclic) bond motifs is 1. The number of hydrogen-bond donors (Lipinski definition) is 1. The van der Waals surface area contributed by atoms with E-state index >= 15 is 0 Å². The zero-order chi connectivity index (χ0) is 20.3. The van der Waals surface area contributed by atoms with Gasteiger partial charge in [0, 0.05) is 30.6 Å². The molecule has 1 N–H and O–H groups in total. The molecular formula is C21H33N3O3S. The van der Waals surface area contributed by atoms with Gasteiger partial charge in [-0.25, -0.2) is 4.79 Å². The molecule has 1 saturated heterocycles. The number of carbonyl (C=O) groups excluding carboxylic acids is 2. The number of likely N-dealkylation sites (tertiary alicyclic amines) is 1. The summed E-state index contributed by atoms with van der Waals surface area (Å²) < 4.78 is 5.33. The van der Waals surface area contributed by atoms with Crippen molar-refractivity contribution in [2.75, 3.05) is 26.2 Å². The van der Waals surface area contributed by atoms with E-state index in [1.165, 1.54) is 10.4 Å². The van der Waals surface area contributed by atoms with E-state index in [-0.39, 0.29) is 24.1 Å². The maximum Gasteiger partial charge on any atom is 0.407 e. The lowest BCUT2D eigenvalue weighted by Crippen LogP contribution is -2.50. The number of thiophene rings is 1. The van der Waals surface area contributed by atoms with Crippen LogP contribution < -0.4 is 5.32 Å². The lowest BCUT2D eigenvalue weighted by atomic mass is 9.97. The van der Waals surface area contributed by atoms with Crippen molar-refractivity contribution in [3.05, 3.63) is 21.9 Å². The molecule has 2 aliphatic rings. The molecule has 0 radical (unpaired) electrons. The van der Waals surface area contributed by atoms with Crippen LogP contribution in [-0.4, -0.2) is 59.6 Å². The number of hydrogen-bond acceptors (Lipinski definition) is 5. The first-order valence-corrected chi connectivity index (χ1v) is 11.2. The third-order valence-electron chi connectivity index (χ3n) is 5.47. The van der Waals surface area contributed by atoms with Crippen molar-refractivity contribution in [3.8, 4) is 0 Å². The third kappa shape index (κ3) is 5.26. The van der Waals surface area contributed by atoms with Gasteiger partial charge >= 0.3 is 6.09 Å². The van der Waals surface area contributed by atoms with Gasteiger partial charge < -0.3 is 15.0 Å². The van der Waals surface area contributed by atoms with Gasteiger partial charge in [0.2, 0.25) is 5.91 Å². The molecule has 7 heteroatoms. The summed E-state index contributed by atoms with van der Waals surface area (Å²) in [5.74, 6) is 0.224. The predicted octanol–water partition coefficient (Wildman–Crippen LogP) is 3.57. The summed E-state index contributed by atoms with van der Waals surface area (Å²) in [6, 6.07) is 2.52. The minimum absolute atomic E-state index is 0.118. The number of nitrogens with one attached hydrogen (secondary N) is 1. The minimum Gasteiger partial charge on any atom is -0.444 e. The van der Waals surface area contributed by atoms with Crippen LogP contribution in [0.3, 0.4) is 0 Å². The maximum absolute atomic E-state index is 13.0. The van der Waals surface area contributed by atoms with Crippen LogP contribution in [-0.2, 0) is 16.0 Å². The third-order valence-corrected chi connectivity index (χ3v) is 6.47. The first kappa shape index (κ1) is 21.1. The van der Waals surface area contributed by atoms with Crippen LogP contribution in [0.15, 0.2) is 11.4 Å². The summed E-state index contributed by atoms with van der Waals surface area (Å²) in [5, 5.41) is 5.10. The van der Waals surface area contributed by atoms with Crippen LogP contribution in [0, 0.1) is 0 Å². The minimum atomic E-state index is -0.482. The summed E-state index contributed by atoms with van der Waals surface area (Å²) in [6.45, 7) is 10.7. The molecule has 0 aromatic carbocycles. The molecule has 1 aromatic rings. The van der Waals surface area contributed by atoms with Crippen molar-refractivity contribution >= 4 is 23.3 Å². The molecule has 3 heterocycles. The normalized spacial score (nSPS) is 21.3. The first-order valence-electron chi connectivity index (χ1n) is 10.3. The predicted molar refractivity (Wildman–Crippen MR) is 112 cm³/mol. The lowest BCUT2D eigenvalue weighted by Gasteiger charge is -2.38. The fraction of sp³-hybridized carbons (Fsp3) is 0.714. The van der Waals surface area contributed by atoms with E-state index in [1.54, 1.807) is 0 Å². The van der Waals surface area contributed by atoms with E-state index in [9.17, 15) is 9.59 Å². The zero-order valence-electron chi connectivity index (χ0n) is 17.5. The number of carbonyl (C=O) groups is 2. The highest BCUT2D eigenvalue weighted by atomic mass is 32.1. The second kappa shape index (κ2) is 8.82. The highest BCUT2D eigenvalue weighted by Gasteiger charge is 2.32. The van der Waals surface area contributed by atoms with Crippen LogP contribution in [0.2, 0.25) is 0 Å². The number of rotatable bonds is 4. The summed E-state index contributed by atoms with van der Waals surface area (Å²) in [5.41, 5.74) is 0.858. The molecule has 1 aromatic heterocycles. The largest absolute Gasteiger partial charge is 0.444 e. The van der Waals surface area contributed by atoms with Gasteiger partial charge in [0.25, 0.3) is 0 Å². The quantitative estimate of drug-likeness (QED) is 0.829. The second-order valence-electron chi connectivity index (χ2n) is 8.76. The summed E-state index contributed by atoms with van der Waals surface area (Å²) in [6.07, 6.45) is 3.26. The van der Waals surface area contributed by atoms with E-state index < -0.39 is 5.60 Å². The van der Waals surface area contributed by atoms with Crippen molar-refractivity contribution in [1.82, 2.24) is 15.1 Å². The van der Waals surface area contributed by atoms with Crippen molar-refractivity contribution in [3.63, 3.8) is 0 Å². The molecule has 6 nitrogen and oxygen atoms in total. The van der Waals surface area contributed by atoms with Gasteiger partial charge in [-0.15, -0.1) is 11.3 Å². The second-order valence-corrected chi connectivity index (χ2v) is 9.76. The number of piperidine rings is 1. The van der Waals surface area contributed by atoms with Crippen molar-refractivity contribution in [2.45, 2.75) is 71.1 Å². The zero-order valence-corrected chi connectivity index (χ0v) is 18.3. The molecule has 2 amide bonds. The Bertz CT molecular complexity index is 689. The average molecular weight is 408 g/mol. The molecule has 1 atom stereocenters. The topological polar surface area (TPSA) is 61.9 Å². The Kier molecular flexibility index (Phi) is 6.65. The van der Waals surface area contributed by atoms with Gasteiger partial charge in [-0.2, -0.15) is 0 Å². The fourth-order valence-electron chi connectivity index (χ4n) is 4.13. The van der Waals surface area contributed by atoms with Crippen molar-refractivity contribution in [1.29, 1.82) is 0 Å². The van der Waals surface area contributed by atoms with E-state index in [1.807, 2.05) is 32.1 Å². The lowest BCUT2D eigenvalue weighted by molar-refractivity contribution is -0.135. The molecule has 1 fully saturated rings. The van der Waals surface area contributed by atoms with E-state index in [4.69, 9.17) is 4.74 Å². The highest BCUT2D eigenvalue weighted by molar-refractivity contribution is 7.10. The monoisotopic (exact) mass is 407 g/mol. The Morgan fingerprint density at radius 1 is 1.25 bits per heavy atom.